The van der Waals surface area contributed by atoms with Gasteiger partial charge in [-0.3, -0.25) is 0 Å². The zero-order chi connectivity index (χ0) is 28.0. The quantitative estimate of drug-likeness (QED) is 0.314. The zero-order valence-corrected chi connectivity index (χ0v) is 23.3. The monoisotopic (exact) mass is 565 g/mol. The molecule has 0 aromatic heterocycles. The van der Waals surface area contributed by atoms with E-state index in [4.69, 9.17) is 46.9 Å². The Hall–Kier alpha value is -3.43. The molecule has 0 bridgehead atoms. The number of hydrogen-bond donors (Lipinski definition) is 0. The number of nitrogens with zero attached hydrogens (tertiary/aromatic N) is 1. The van der Waals surface area contributed by atoms with Gasteiger partial charge in [0.05, 0.1) is 45.1 Å². The van der Waals surface area contributed by atoms with Gasteiger partial charge < -0.3 is 28.6 Å². The topological polar surface area (TPSA) is 101 Å². The molecule has 0 atom stereocenters. The molecule has 0 spiro atoms. The molecule has 1 aliphatic rings. The fourth-order valence-electron chi connectivity index (χ4n) is 4.41. The van der Waals surface area contributed by atoms with Crippen LogP contribution >= 0.6 is 23.2 Å². The minimum Gasteiger partial charge on any atom is -0.494 e. The van der Waals surface area contributed by atoms with Gasteiger partial charge in [0, 0.05) is 13.1 Å². The normalized spacial score (nSPS) is 13.0. The predicted octanol–water partition coefficient (Wildman–Crippen LogP) is 5.64. The maximum absolute atomic E-state index is 12.6. The second kappa shape index (κ2) is 12.9. The first kappa shape index (κ1) is 29.1. The Labute approximate surface area is 231 Å². The van der Waals surface area contributed by atoms with Crippen molar-refractivity contribution in [1.29, 1.82) is 0 Å². The molecule has 38 heavy (non-hydrogen) atoms. The first-order valence-corrected chi connectivity index (χ1v) is 12.5. The van der Waals surface area contributed by atoms with Crippen molar-refractivity contribution < 1.29 is 38.1 Å². The molecule has 0 aliphatic carbocycles. The van der Waals surface area contributed by atoms with E-state index >= 15 is 0 Å². The second-order valence-electron chi connectivity index (χ2n) is 8.23. The molecule has 9 nitrogen and oxygen atoms in total. The second-order valence-corrected chi connectivity index (χ2v) is 9.04. The van der Waals surface area contributed by atoms with Crippen LogP contribution in [0.15, 0.2) is 29.8 Å². The number of piperidine rings is 1. The minimum absolute atomic E-state index is 0.132. The Bertz CT molecular complexity index is 1190. The van der Waals surface area contributed by atoms with Crippen molar-refractivity contribution in [2.24, 2.45) is 0 Å². The molecule has 0 saturated carbocycles. The predicted molar refractivity (Wildman–Crippen MR) is 143 cm³/mol. The number of methoxy groups -OCH3 is 4. The maximum atomic E-state index is 12.6. The van der Waals surface area contributed by atoms with Crippen molar-refractivity contribution >= 4 is 46.8 Å². The highest BCUT2D eigenvalue weighted by molar-refractivity contribution is 6.33. The number of halogens is 2. The summed E-state index contributed by atoms with van der Waals surface area (Å²) < 4.78 is 25.8. The summed E-state index contributed by atoms with van der Waals surface area (Å²) in [6, 6.07) is 6.57. The van der Waals surface area contributed by atoms with Crippen molar-refractivity contribution in [2.75, 3.05) is 48.1 Å². The van der Waals surface area contributed by atoms with Crippen LogP contribution in [0.2, 0.25) is 10.0 Å². The molecule has 0 unspecified atom stereocenters. The van der Waals surface area contributed by atoms with E-state index in [-0.39, 0.29) is 45.4 Å². The highest BCUT2D eigenvalue weighted by Crippen LogP contribution is 2.41. The van der Waals surface area contributed by atoms with E-state index in [0.717, 1.165) is 5.57 Å². The van der Waals surface area contributed by atoms with Crippen LogP contribution in [0.5, 0.6) is 11.5 Å². The van der Waals surface area contributed by atoms with Gasteiger partial charge in [-0.2, -0.15) is 0 Å². The van der Waals surface area contributed by atoms with Crippen molar-refractivity contribution in [3.63, 3.8) is 0 Å². The van der Waals surface area contributed by atoms with Crippen LogP contribution in [0.25, 0.3) is 5.57 Å². The smallest absolute Gasteiger partial charge is 0.409 e. The molecule has 2 aromatic rings. The van der Waals surface area contributed by atoms with E-state index in [1.54, 1.807) is 36.1 Å². The Kier molecular flexibility index (Phi) is 9.88. The number of carbonyl (C=O) groups is 3. The molecule has 3 rings (SSSR count). The largest absolute Gasteiger partial charge is 0.494 e. The first-order chi connectivity index (χ1) is 18.2. The minimum atomic E-state index is -0.630. The van der Waals surface area contributed by atoms with Gasteiger partial charge in [-0.1, -0.05) is 28.8 Å². The lowest BCUT2D eigenvalue weighted by atomic mass is 9.87. The van der Waals surface area contributed by atoms with Gasteiger partial charge in [0.25, 0.3) is 0 Å². The molecule has 11 heteroatoms. The van der Waals surface area contributed by atoms with Crippen LogP contribution < -0.4 is 9.47 Å². The number of amides is 1. The van der Waals surface area contributed by atoms with Crippen molar-refractivity contribution in [3.05, 3.63) is 62.1 Å². The van der Waals surface area contributed by atoms with Gasteiger partial charge in [-0.05, 0) is 60.7 Å². The van der Waals surface area contributed by atoms with E-state index in [1.807, 2.05) is 0 Å². The van der Waals surface area contributed by atoms with Gasteiger partial charge >= 0.3 is 18.0 Å². The number of likely N-dealkylation sites (tertiary alicyclic amines) is 1. The van der Waals surface area contributed by atoms with E-state index in [9.17, 15) is 14.4 Å². The zero-order valence-electron chi connectivity index (χ0n) is 21.8. The van der Waals surface area contributed by atoms with Crippen molar-refractivity contribution in [2.45, 2.75) is 19.8 Å². The Balaban J connectivity index is 2.27. The molecular formula is C27H29Cl2NO8. The van der Waals surface area contributed by atoms with Crippen LogP contribution in [0.1, 0.15) is 51.6 Å². The average Bonchev–Trinajstić information content (AvgIpc) is 2.92. The summed E-state index contributed by atoms with van der Waals surface area (Å²) in [6.07, 6.45) is 0.625. The van der Waals surface area contributed by atoms with E-state index in [1.165, 1.54) is 28.4 Å². The van der Waals surface area contributed by atoms with Crippen LogP contribution in [-0.2, 0) is 14.2 Å². The highest BCUT2D eigenvalue weighted by atomic mass is 35.5. The van der Waals surface area contributed by atoms with Crippen LogP contribution in [0.3, 0.4) is 0 Å². The standard InChI is InChI=1S/C27H29Cl2NO8/c1-6-38-27(33)30-9-7-15(8-10-30)22(16-11-18(25(31)36-4)23(34-2)20(28)13-16)17-12-19(26(32)37-5)24(35-3)21(29)14-17/h11-14H,6-10H2,1-5H3. The summed E-state index contributed by atoms with van der Waals surface area (Å²) in [6.45, 7) is 2.87. The van der Waals surface area contributed by atoms with Crippen molar-refractivity contribution in [1.82, 2.24) is 4.90 Å². The Morgan fingerprint density at radius 3 is 1.61 bits per heavy atom. The van der Waals surface area contributed by atoms with Gasteiger partial charge in [-0.25, -0.2) is 14.4 Å². The highest BCUT2D eigenvalue weighted by Gasteiger charge is 2.27. The van der Waals surface area contributed by atoms with E-state index in [0.29, 0.717) is 42.6 Å². The summed E-state index contributed by atoms with van der Waals surface area (Å²) >= 11 is 13.1. The molecule has 204 valence electrons. The summed E-state index contributed by atoms with van der Waals surface area (Å²) in [5.74, 6) is -0.913. The lowest BCUT2D eigenvalue weighted by molar-refractivity contribution is 0.0588. The summed E-state index contributed by atoms with van der Waals surface area (Å²) in [5, 5.41) is 0.389. The average molecular weight is 566 g/mol. The molecule has 1 saturated heterocycles. The molecule has 1 amide bonds. The van der Waals surface area contributed by atoms with Gasteiger partial charge in [0.15, 0.2) is 11.5 Å². The summed E-state index contributed by atoms with van der Waals surface area (Å²) in [4.78, 5) is 39.1. The van der Waals surface area contributed by atoms with E-state index in [2.05, 4.69) is 0 Å². The lowest BCUT2D eigenvalue weighted by Gasteiger charge is -2.30. The Morgan fingerprint density at radius 1 is 0.789 bits per heavy atom. The number of carbonyl (C=O) groups excluding carboxylic acids is 3. The summed E-state index contributed by atoms with van der Waals surface area (Å²) in [7, 11) is 5.34. The third-order valence-corrected chi connectivity index (χ3v) is 6.69. The van der Waals surface area contributed by atoms with Crippen molar-refractivity contribution in [3.8, 4) is 11.5 Å². The summed E-state index contributed by atoms with van der Waals surface area (Å²) in [5.41, 5.74) is 3.07. The third kappa shape index (κ3) is 6.00. The first-order valence-electron chi connectivity index (χ1n) is 11.8. The third-order valence-electron chi connectivity index (χ3n) is 6.13. The number of ether oxygens (including phenoxy) is 5. The van der Waals surface area contributed by atoms with Gasteiger partial charge in [-0.15, -0.1) is 0 Å². The number of hydrogen-bond acceptors (Lipinski definition) is 8. The number of esters is 2. The lowest BCUT2D eigenvalue weighted by Crippen LogP contribution is -2.37. The molecule has 1 fully saturated rings. The van der Waals surface area contributed by atoms with Gasteiger partial charge in [0.1, 0.15) is 11.1 Å². The molecular weight excluding hydrogens is 537 g/mol. The maximum Gasteiger partial charge on any atom is 0.409 e. The van der Waals surface area contributed by atoms with E-state index < -0.39 is 11.9 Å². The van der Waals surface area contributed by atoms with Crippen LogP contribution in [0.4, 0.5) is 4.79 Å². The molecule has 1 aliphatic heterocycles. The Morgan fingerprint density at radius 2 is 1.24 bits per heavy atom. The fourth-order valence-corrected chi connectivity index (χ4v) is 5.01. The molecule has 2 aromatic carbocycles. The van der Waals surface area contributed by atoms with Gasteiger partial charge in [0.2, 0.25) is 0 Å². The fraction of sp³-hybridized carbons (Fsp3) is 0.370. The number of benzene rings is 2. The SMILES string of the molecule is CCOC(=O)N1CCC(=C(c2cc(Cl)c(OC)c(C(=O)OC)c2)c2cc(Cl)c(OC)c(C(=O)OC)c2)CC1. The number of rotatable bonds is 7. The molecule has 0 N–H and O–H groups in total. The van der Waals surface area contributed by atoms with Crippen LogP contribution in [0, 0.1) is 0 Å². The van der Waals surface area contributed by atoms with Crippen LogP contribution in [-0.4, -0.2) is 71.1 Å². The molecule has 0 radical (unpaired) electrons. The molecule has 1 heterocycles.